The van der Waals surface area contributed by atoms with E-state index in [0.717, 1.165) is 12.8 Å². The molecular formula is C8H13NO3. The van der Waals surface area contributed by atoms with Crippen molar-refractivity contribution in [3.05, 3.63) is 0 Å². The quantitative estimate of drug-likeness (QED) is 0.483. The van der Waals surface area contributed by atoms with Gasteiger partial charge in [0.25, 0.3) is 0 Å². The maximum absolute atomic E-state index is 10.9. The molecule has 0 aliphatic heterocycles. The molecule has 4 nitrogen and oxygen atoms in total. The maximum atomic E-state index is 10.9. The molecule has 4 heteroatoms. The molecule has 1 aliphatic rings. The van der Waals surface area contributed by atoms with Crippen LogP contribution in [0.3, 0.4) is 0 Å². The highest BCUT2D eigenvalue weighted by molar-refractivity contribution is 6.32. The number of hydrogen-bond donors (Lipinski definition) is 1. The van der Waals surface area contributed by atoms with Crippen molar-refractivity contribution in [2.75, 3.05) is 13.2 Å². The Kier molecular flexibility index (Phi) is 3.08. The summed E-state index contributed by atoms with van der Waals surface area (Å²) in [7, 11) is 0. The van der Waals surface area contributed by atoms with Crippen LogP contribution in [0.15, 0.2) is 0 Å². The Morgan fingerprint density at radius 3 is 2.67 bits per heavy atom. The Bertz CT molecular complexity index is 187. The van der Waals surface area contributed by atoms with Gasteiger partial charge in [-0.05, 0) is 25.7 Å². The standard InChI is InChI=1S/C8H13NO3/c1-2-12-8(11)7(10)9-5-6-3-4-6/h6H,2-5H2,1H3,(H,9,10). The first-order valence-electron chi connectivity index (χ1n) is 4.19. The van der Waals surface area contributed by atoms with Crippen LogP contribution in [-0.2, 0) is 14.3 Å². The summed E-state index contributed by atoms with van der Waals surface area (Å²) < 4.78 is 4.51. The average molecular weight is 171 g/mol. The monoisotopic (exact) mass is 171 g/mol. The van der Waals surface area contributed by atoms with Gasteiger partial charge in [0, 0.05) is 6.54 Å². The number of esters is 1. The lowest BCUT2D eigenvalue weighted by Crippen LogP contribution is -2.33. The van der Waals surface area contributed by atoms with E-state index < -0.39 is 11.9 Å². The summed E-state index contributed by atoms with van der Waals surface area (Å²) in [6, 6.07) is 0. The Morgan fingerprint density at radius 1 is 1.50 bits per heavy atom. The molecule has 1 N–H and O–H groups in total. The van der Waals surface area contributed by atoms with Crippen LogP contribution in [-0.4, -0.2) is 25.0 Å². The van der Waals surface area contributed by atoms with Crippen LogP contribution in [0.25, 0.3) is 0 Å². The van der Waals surface area contributed by atoms with Crippen molar-refractivity contribution in [2.24, 2.45) is 5.92 Å². The normalized spacial score (nSPS) is 15.4. The van der Waals surface area contributed by atoms with E-state index in [0.29, 0.717) is 12.5 Å². The summed E-state index contributed by atoms with van der Waals surface area (Å²) in [6.45, 7) is 2.53. The van der Waals surface area contributed by atoms with Crippen molar-refractivity contribution in [1.29, 1.82) is 0 Å². The number of carbonyl (C=O) groups excluding carboxylic acids is 2. The van der Waals surface area contributed by atoms with Crippen LogP contribution in [0.2, 0.25) is 0 Å². The molecule has 12 heavy (non-hydrogen) atoms. The van der Waals surface area contributed by atoms with E-state index in [1.54, 1.807) is 6.92 Å². The summed E-state index contributed by atoms with van der Waals surface area (Å²) in [5.41, 5.74) is 0. The smallest absolute Gasteiger partial charge is 0.396 e. The van der Waals surface area contributed by atoms with Crippen molar-refractivity contribution in [3.8, 4) is 0 Å². The molecule has 0 unspecified atom stereocenters. The second kappa shape index (κ2) is 4.09. The Balaban J connectivity index is 2.12. The van der Waals surface area contributed by atoms with E-state index in [1.165, 1.54) is 0 Å². The minimum Gasteiger partial charge on any atom is -0.459 e. The van der Waals surface area contributed by atoms with E-state index in [2.05, 4.69) is 10.1 Å². The van der Waals surface area contributed by atoms with Crippen LogP contribution in [0.1, 0.15) is 19.8 Å². The summed E-state index contributed by atoms with van der Waals surface area (Å²) in [6.07, 6.45) is 2.31. The van der Waals surface area contributed by atoms with Crippen molar-refractivity contribution < 1.29 is 14.3 Å². The van der Waals surface area contributed by atoms with Crippen LogP contribution >= 0.6 is 0 Å². The van der Waals surface area contributed by atoms with Gasteiger partial charge in [-0.3, -0.25) is 4.79 Å². The van der Waals surface area contributed by atoms with E-state index >= 15 is 0 Å². The van der Waals surface area contributed by atoms with Crippen molar-refractivity contribution in [3.63, 3.8) is 0 Å². The van der Waals surface area contributed by atoms with Gasteiger partial charge in [0.2, 0.25) is 0 Å². The highest BCUT2D eigenvalue weighted by atomic mass is 16.5. The van der Waals surface area contributed by atoms with Gasteiger partial charge >= 0.3 is 11.9 Å². The Hall–Kier alpha value is -1.06. The van der Waals surface area contributed by atoms with E-state index in [-0.39, 0.29) is 6.61 Å². The molecule has 0 radical (unpaired) electrons. The average Bonchev–Trinajstić information content (AvgIpc) is 2.83. The first-order chi connectivity index (χ1) is 5.74. The molecule has 1 aliphatic carbocycles. The van der Waals surface area contributed by atoms with Gasteiger partial charge in [0.1, 0.15) is 0 Å². The molecule has 0 aromatic heterocycles. The molecule has 0 aromatic rings. The summed E-state index contributed by atoms with van der Waals surface area (Å²) in [5, 5.41) is 2.52. The zero-order valence-electron chi connectivity index (χ0n) is 7.13. The summed E-state index contributed by atoms with van der Waals surface area (Å²) in [5.74, 6) is -0.815. The van der Waals surface area contributed by atoms with Crippen molar-refractivity contribution >= 4 is 11.9 Å². The van der Waals surface area contributed by atoms with Crippen LogP contribution in [0.5, 0.6) is 0 Å². The van der Waals surface area contributed by atoms with Crippen LogP contribution < -0.4 is 5.32 Å². The highest BCUT2D eigenvalue weighted by Gasteiger charge is 2.23. The van der Waals surface area contributed by atoms with Gasteiger partial charge < -0.3 is 10.1 Å². The zero-order chi connectivity index (χ0) is 8.97. The second-order valence-electron chi connectivity index (χ2n) is 2.87. The second-order valence-corrected chi connectivity index (χ2v) is 2.87. The summed E-state index contributed by atoms with van der Waals surface area (Å²) in [4.78, 5) is 21.6. The predicted octanol–water partition coefficient (Wildman–Crippen LogP) is 0.0757. The third-order valence-corrected chi connectivity index (χ3v) is 1.71. The fourth-order valence-electron chi connectivity index (χ4n) is 0.828. The van der Waals surface area contributed by atoms with E-state index in [1.807, 2.05) is 0 Å². The number of rotatable bonds is 3. The molecule has 0 saturated heterocycles. The lowest BCUT2D eigenvalue weighted by molar-refractivity contribution is -0.154. The molecule has 0 atom stereocenters. The maximum Gasteiger partial charge on any atom is 0.396 e. The zero-order valence-corrected chi connectivity index (χ0v) is 7.13. The first-order valence-corrected chi connectivity index (χ1v) is 4.19. The van der Waals surface area contributed by atoms with Gasteiger partial charge in [-0.1, -0.05) is 0 Å². The predicted molar refractivity (Wildman–Crippen MR) is 42.4 cm³/mol. The molecule has 1 amide bonds. The molecule has 0 heterocycles. The molecule has 1 rings (SSSR count). The van der Waals surface area contributed by atoms with Crippen LogP contribution in [0, 0.1) is 5.92 Å². The highest BCUT2D eigenvalue weighted by Crippen LogP contribution is 2.27. The molecule has 0 bridgehead atoms. The molecular weight excluding hydrogens is 158 g/mol. The fraction of sp³-hybridized carbons (Fsp3) is 0.750. The van der Waals surface area contributed by atoms with Gasteiger partial charge in [-0.25, -0.2) is 4.79 Å². The summed E-state index contributed by atoms with van der Waals surface area (Å²) >= 11 is 0. The SMILES string of the molecule is CCOC(=O)C(=O)NCC1CC1. The molecule has 68 valence electrons. The van der Waals surface area contributed by atoms with Crippen LogP contribution in [0.4, 0.5) is 0 Å². The van der Waals surface area contributed by atoms with Crippen molar-refractivity contribution in [1.82, 2.24) is 5.32 Å². The fourth-order valence-corrected chi connectivity index (χ4v) is 0.828. The first kappa shape index (κ1) is 9.03. The van der Waals surface area contributed by atoms with Crippen molar-refractivity contribution in [2.45, 2.75) is 19.8 Å². The largest absolute Gasteiger partial charge is 0.459 e. The Labute approximate surface area is 71.3 Å². The third-order valence-electron chi connectivity index (χ3n) is 1.71. The topological polar surface area (TPSA) is 55.4 Å². The van der Waals surface area contributed by atoms with Gasteiger partial charge in [-0.15, -0.1) is 0 Å². The van der Waals surface area contributed by atoms with Gasteiger partial charge in [0.15, 0.2) is 0 Å². The Morgan fingerprint density at radius 2 is 2.17 bits per heavy atom. The molecule has 0 aromatic carbocycles. The lowest BCUT2D eigenvalue weighted by atomic mass is 10.4. The third kappa shape index (κ3) is 2.90. The van der Waals surface area contributed by atoms with Gasteiger partial charge in [-0.2, -0.15) is 0 Å². The van der Waals surface area contributed by atoms with Gasteiger partial charge in [0.05, 0.1) is 6.61 Å². The number of amides is 1. The number of nitrogens with one attached hydrogen (secondary N) is 1. The number of carbonyl (C=O) groups is 2. The molecule has 0 spiro atoms. The molecule has 1 fully saturated rings. The lowest BCUT2D eigenvalue weighted by Gasteiger charge is -2.02. The number of ether oxygens (including phenoxy) is 1. The van der Waals surface area contributed by atoms with E-state index in [9.17, 15) is 9.59 Å². The molecule has 1 saturated carbocycles. The number of hydrogen-bond acceptors (Lipinski definition) is 3. The van der Waals surface area contributed by atoms with E-state index in [4.69, 9.17) is 0 Å². The minimum absolute atomic E-state index is 0.246. The minimum atomic E-state index is -0.779.